The van der Waals surface area contributed by atoms with Crippen molar-refractivity contribution >= 4 is 27.5 Å². The maximum atomic E-state index is 5.72. The number of ether oxygens (including phenoxy) is 1. The molecule has 3 heteroatoms. The van der Waals surface area contributed by atoms with Gasteiger partial charge in [0, 0.05) is 10.4 Å². The molecule has 0 amide bonds. The van der Waals surface area contributed by atoms with Gasteiger partial charge in [-0.3, -0.25) is 0 Å². The van der Waals surface area contributed by atoms with Crippen molar-refractivity contribution in [3.8, 4) is 5.75 Å². The molecular weight excluding hydrogens is 300 g/mol. The van der Waals surface area contributed by atoms with E-state index < -0.39 is 0 Å². The van der Waals surface area contributed by atoms with Crippen molar-refractivity contribution in [1.29, 1.82) is 0 Å². The van der Waals surface area contributed by atoms with Gasteiger partial charge in [0.2, 0.25) is 0 Å². The Hall–Kier alpha value is -0.990. The first-order valence-corrected chi connectivity index (χ1v) is 6.63. The van der Waals surface area contributed by atoms with E-state index in [-0.39, 0.29) is 0 Å². The molecule has 2 aromatic carbocycles. The van der Waals surface area contributed by atoms with E-state index in [1.807, 2.05) is 48.5 Å². The Labute approximate surface area is 115 Å². The summed E-state index contributed by atoms with van der Waals surface area (Å²) in [7, 11) is 0. The molecule has 2 rings (SSSR count). The molecule has 0 unspecified atom stereocenters. The molecule has 0 atom stereocenters. The first-order valence-electron chi connectivity index (χ1n) is 5.30. The molecule has 0 fully saturated rings. The smallest absolute Gasteiger partial charge is 0.119 e. The van der Waals surface area contributed by atoms with Crippen molar-refractivity contribution < 1.29 is 4.74 Å². The highest BCUT2D eigenvalue weighted by Gasteiger charge is 1.97. The Morgan fingerprint density at radius 3 is 2.06 bits per heavy atom. The summed E-state index contributed by atoms with van der Waals surface area (Å²) in [6, 6.07) is 15.9. The molecule has 0 spiro atoms. The summed E-state index contributed by atoms with van der Waals surface area (Å²) in [5, 5.41) is 0. The van der Waals surface area contributed by atoms with Gasteiger partial charge in [-0.2, -0.15) is 0 Å². The Bertz CT molecular complexity index is 465. The fourth-order valence-electron chi connectivity index (χ4n) is 1.42. The monoisotopic (exact) mass is 310 g/mol. The maximum Gasteiger partial charge on any atom is 0.119 e. The summed E-state index contributed by atoms with van der Waals surface area (Å²) in [5.74, 6) is 1.40. The fourth-order valence-corrected chi connectivity index (χ4v) is 1.86. The molecule has 17 heavy (non-hydrogen) atoms. The van der Waals surface area contributed by atoms with Crippen LogP contribution in [0, 0.1) is 0 Å². The van der Waals surface area contributed by atoms with Gasteiger partial charge in [-0.25, -0.2) is 0 Å². The van der Waals surface area contributed by atoms with Crippen LogP contribution < -0.4 is 4.74 Å². The number of rotatable bonds is 4. The number of benzene rings is 2. The zero-order chi connectivity index (χ0) is 12.1. The summed E-state index contributed by atoms with van der Waals surface area (Å²) >= 11 is 9.13. The van der Waals surface area contributed by atoms with Crippen LogP contribution in [0.3, 0.4) is 0 Å². The van der Waals surface area contributed by atoms with Crippen molar-refractivity contribution in [2.24, 2.45) is 0 Å². The van der Waals surface area contributed by atoms with Crippen LogP contribution in [0.1, 0.15) is 11.1 Å². The lowest BCUT2D eigenvalue weighted by atomic mass is 10.2. The van der Waals surface area contributed by atoms with Gasteiger partial charge in [0.1, 0.15) is 12.4 Å². The first kappa shape index (κ1) is 12.5. The Morgan fingerprint density at radius 1 is 0.882 bits per heavy atom. The van der Waals surface area contributed by atoms with E-state index in [1.54, 1.807) is 0 Å². The number of hydrogen-bond acceptors (Lipinski definition) is 1. The predicted octanol–water partition coefficient (Wildman–Crippen LogP) is 4.77. The molecule has 0 saturated carbocycles. The molecule has 0 N–H and O–H groups in total. The van der Waals surface area contributed by atoms with E-state index in [1.165, 1.54) is 0 Å². The molecule has 0 bridgehead atoms. The van der Waals surface area contributed by atoms with Gasteiger partial charge >= 0.3 is 0 Å². The Kier molecular flexibility index (Phi) is 4.46. The minimum atomic E-state index is 0.535. The van der Waals surface area contributed by atoms with Crippen molar-refractivity contribution in [1.82, 2.24) is 0 Å². The van der Waals surface area contributed by atoms with E-state index >= 15 is 0 Å². The minimum absolute atomic E-state index is 0.535. The third kappa shape index (κ3) is 3.76. The van der Waals surface area contributed by atoms with E-state index in [0.717, 1.165) is 21.3 Å². The molecule has 0 radical (unpaired) electrons. The maximum absolute atomic E-state index is 5.72. The van der Waals surface area contributed by atoms with Gasteiger partial charge in [0.15, 0.2) is 0 Å². The van der Waals surface area contributed by atoms with Crippen LogP contribution in [0.15, 0.2) is 53.0 Å². The van der Waals surface area contributed by atoms with Crippen LogP contribution in [-0.2, 0) is 12.5 Å². The molecule has 88 valence electrons. The summed E-state index contributed by atoms with van der Waals surface area (Å²) in [5.41, 5.74) is 2.25. The number of halogens is 2. The summed E-state index contributed by atoms with van der Waals surface area (Å²) in [6.07, 6.45) is 0. The van der Waals surface area contributed by atoms with Crippen molar-refractivity contribution in [3.05, 3.63) is 64.1 Å². The van der Waals surface area contributed by atoms with Crippen molar-refractivity contribution in [3.63, 3.8) is 0 Å². The quantitative estimate of drug-likeness (QED) is 0.739. The lowest BCUT2D eigenvalue weighted by Crippen LogP contribution is -1.95. The lowest BCUT2D eigenvalue weighted by Gasteiger charge is -2.06. The van der Waals surface area contributed by atoms with Gasteiger partial charge in [0.25, 0.3) is 0 Å². The topological polar surface area (TPSA) is 9.23 Å². The highest BCUT2D eigenvalue weighted by Crippen LogP contribution is 2.16. The summed E-state index contributed by atoms with van der Waals surface area (Å²) < 4.78 is 6.75. The van der Waals surface area contributed by atoms with E-state index in [4.69, 9.17) is 16.3 Å². The summed E-state index contributed by atoms with van der Waals surface area (Å²) in [6.45, 7) is 0.577. The SMILES string of the molecule is ClCc1ccc(OCc2ccc(Br)cc2)cc1. The zero-order valence-corrected chi connectivity index (χ0v) is 11.5. The van der Waals surface area contributed by atoms with E-state index in [2.05, 4.69) is 15.9 Å². The van der Waals surface area contributed by atoms with Crippen LogP contribution in [0.5, 0.6) is 5.75 Å². The Morgan fingerprint density at radius 2 is 1.47 bits per heavy atom. The molecule has 0 aliphatic heterocycles. The fraction of sp³-hybridized carbons (Fsp3) is 0.143. The second kappa shape index (κ2) is 6.08. The van der Waals surface area contributed by atoms with Crippen LogP contribution in [0.2, 0.25) is 0 Å². The molecule has 0 saturated heterocycles. The molecule has 1 nitrogen and oxygen atoms in total. The normalized spacial score (nSPS) is 10.2. The number of alkyl halides is 1. The zero-order valence-electron chi connectivity index (χ0n) is 9.20. The van der Waals surface area contributed by atoms with Crippen LogP contribution in [0.4, 0.5) is 0 Å². The largest absolute Gasteiger partial charge is 0.489 e. The molecule has 0 aliphatic rings. The highest BCUT2D eigenvalue weighted by atomic mass is 79.9. The number of hydrogen-bond donors (Lipinski definition) is 0. The van der Waals surface area contributed by atoms with Crippen molar-refractivity contribution in [2.45, 2.75) is 12.5 Å². The van der Waals surface area contributed by atoms with E-state index in [9.17, 15) is 0 Å². The van der Waals surface area contributed by atoms with Gasteiger partial charge in [-0.1, -0.05) is 40.2 Å². The highest BCUT2D eigenvalue weighted by molar-refractivity contribution is 9.10. The van der Waals surface area contributed by atoms with Gasteiger partial charge in [-0.15, -0.1) is 11.6 Å². The third-order valence-corrected chi connectivity index (χ3v) is 3.23. The predicted molar refractivity (Wildman–Crippen MR) is 74.5 cm³/mol. The van der Waals surface area contributed by atoms with Crippen molar-refractivity contribution in [2.75, 3.05) is 0 Å². The van der Waals surface area contributed by atoms with Gasteiger partial charge in [-0.05, 0) is 35.4 Å². The standard InChI is InChI=1S/C14H12BrClO/c15-13-5-1-12(2-6-13)10-17-14-7-3-11(9-16)4-8-14/h1-8H,9-10H2. The van der Waals surface area contributed by atoms with Crippen LogP contribution >= 0.6 is 27.5 Å². The lowest BCUT2D eigenvalue weighted by molar-refractivity contribution is 0.306. The second-order valence-corrected chi connectivity index (χ2v) is 4.88. The Balaban J connectivity index is 1.95. The minimum Gasteiger partial charge on any atom is -0.489 e. The van der Waals surface area contributed by atoms with Gasteiger partial charge < -0.3 is 4.74 Å². The van der Waals surface area contributed by atoms with Crippen LogP contribution in [-0.4, -0.2) is 0 Å². The van der Waals surface area contributed by atoms with Gasteiger partial charge in [0.05, 0.1) is 0 Å². The average molecular weight is 312 g/mol. The summed E-state index contributed by atoms with van der Waals surface area (Å²) in [4.78, 5) is 0. The molecule has 0 aliphatic carbocycles. The molecule has 2 aromatic rings. The second-order valence-electron chi connectivity index (χ2n) is 3.69. The third-order valence-electron chi connectivity index (χ3n) is 2.40. The molecule has 0 heterocycles. The molecular formula is C14H12BrClO. The average Bonchev–Trinajstić information content (AvgIpc) is 2.39. The van der Waals surface area contributed by atoms with Crippen LogP contribution in [0.25, 0.3) is 0 Å². The van der Waals surface area contributed by atoms with E-state index in [0.29, 0.717) is 12.5 Å². The molecule has 0 aromatic heterocycles. The first-order chi connectivity index (χ1) is 8.28.